The van der Waals surface area contributed by atoms with Crippen LogP contribution in [-0.2, 0) is 13.1 Å². The minimum absolute atomic E-state index is 0.679. The molecule has 0 bridgehead atoms. The summed E-state index contributed by atoms with van der Waals surface area (Å²) < 4.78 is 0. The third kappa shape index (κ3) is 4.62. The van der Waals surface area contributed by atoms with Crippen LogP contribution in [0.15, 0.2) is 35.8 Å². The van der Waals surface area contributed by atoms with Gasteiger partial charge in [0.2, 0.25) is 0 Å². The molecule has 108 valence electrons. The first-order valence-electron chi connectivity index (χ1n) is 7.04. The van der Waals surface area contributed by atoms with E-state index in [0.717, 1.165) is 25.5 Å². The number of hydrogen-bond donors (Lipinski definition) is 1. The topological polar surface area (TPSA) is 28.2 Å². The normalized spacial score (nSPS) is 11.0. The number of thiophene rings is 1. The van der Waals surface area contributed by atoms with Crippen LogP contribution >= 0.6 is 11.3 Å². The van der Waals surface area contributed by atoms with Gasteiger partial charge < -0.3 is 10.2 Å². The lowest BCUT2D eigenvalue weighted by atomic mass is 10.2. The van der Waals surface area contributed by atoms with Crippen molar-refractivity contribution in [1.82, 2.24) is 10.3 Å². The van der Waals surface area contributed by atoms with E-state index in [0.29, 0.717) is 5.92 Å². The van der Waals surface area contributed by atoms with Gasteiger partial charge in [-0.15, -0.1) is 11.3 Å². The number of rotatable bonds is 7. The number of anilines is 1. The van der Waals surface area contributed by atoms with Crippen molar-refractivity contribution in [2.45, 2.75) is 26.9 Å². The van der Waals surface area contributed by atoms with Crippen LogP contribution in [0.1, 0.15) is 24.3 Å². The second-order valence-corrected chi connectivity index (χ2v) is 6.51. The van der Waals surface area contributed by atoms with Crippen LogP contribution in [0.2, 0.25) is 0 Å². The molecule has 0 amide bonds. The van der Waals surface area contributed by atoms with Crippen molar-refractivity contribution >= 4 is 17.2 Å². The lowest BCUT2D eigenvalue weighted by Gasteiger charge is -2.18. The quantitative estimate of drug-likeness (QED) is 0.845. The molecule has 0 aromatic carbocycles. The van der Waals surface area contributed by atoms with Crippen molar-refractivity contribution in [3.8, 4) is 0 Å². The predicted molar refractivity (Wildman–Crippen MR) is 87.2 cm³/mol. The van der Waals surface area contributed by atoms with Gasteiger partial charge in [0.05, 0.1) is 6.54 Å². The van der Waals surface area contributed by atoms with Crippen LogP contribution in [0.25, 0.3) is 0 Å². The monoisotopic (exact) mass is 289 g/mol. The second-order valence-electron chi connectivity index (χ2n) is 5.48. The first kappa shape index (κ1) is 15.0. The summed E-state index contributed by atoms with van der Waals surface area (Å²) in [5.41, 5.74) is 1.29. The van der Waals surface area contributed by atoms with Crippen molar-refractivity contribution in [3.05, 3.63) is 46.3 Å². The van der Waals surface area contributed by atoms with E-state index in [9.17, 15) is 0 Å². The number of aromatic nitrogens is 1. The lowest BCUT2D eigenvalue weighted by molar-refractivity contribution is 0.552. The zero-order valence-electron chi connectivity index (χ0n) is 12.5. The van der Waals surface area contributed by atoms with Crippen LogP contribution in [0, 0.1) is 5.92 Å². The summed E-state index contributed by atoms with van der Waals surface area (Å²) in [6.45, 7) is 7.30. The highest BCUT2D eigenvalue weighted by Gasteiger charge is 2.05. The molecule has 0 aliphatic rings. The number of nitrogens with zero attached hydrogens (tertiary/aromatic N) is 2. The summed E-state index contributed by atoms with van der Waals surface area (Å²) in [6.07, 6.45) is 1.90. The summed E-state index contributed by atoms with van der Waals surface area (Å²) in [6, 6.07) is 8.50. The molecule has 0 atom stereocenters. The van der Waals surface area contributed by atoms with Gasteiger partial charge in [0, 0.05) is 24.7 Å². The minimum atomic E-state index is 0.679. The van der Waals surface area contributed by atoms with E-state index in [1.54, 1.807) is 11.3 Å². The van der Waals surface area contributed by atoms with Gasteiger partial charge in [-0.1, -0.05) is 19.9 Å². The molecule has 0 saturated carbocycles. The Labute approximate surface area is 125 Å². The zero-order chi connectivity index (χ0) is 14.4. The zero-order valence-corrected chi connectivity index (χ0v) is 13.3. The molecule has 0 spiro atoms. The molecule has 0 aliphatic carbocycles. The van der Waals surface area contributed by atoms with Gasteiger partial charge >= 0.3 is 0 Å². The SMILES string of the molecule is CC(C)CNCc1ccnc(N(C)Cc2cccs2)c1. The number of hydrogen-bond acceptors (Lipinski definition) is 4. The summed E-state index contributed by atoms with van der Waals surface area (Å²) in [5, 5.41) is 5.58. The lowest BCUT2D eigenvalue weighted by Crippen LogP contribution is -2.20. The molecule has 20 heavy (non-hydrogen) atoms. The Morgan fingerprint density at radius 3 is 2.90 bits per heavy atom. The molecule has 2 heterocycles. The van der Waals surface area contributed by atoms with E-state index < -0.39 is 0 Å². The highest BCUT2D eigenvalue weighted by atomic mass is 32.1. The molecule has 2 rings (SSSR count). The number of pyridine rings is 1. The second kappa shape index (κ2) is 7.41. The van der Waals surface area contributed by atoms with Gasteiger partial charge in [0.1, 0.15) is 5.82 Å². The average molecular weight is 289 g/mol. The first-order chi connectivity index (χ1) is 9.65. The van der Waals surface area contributed by atoms with Crippen LogP contribution in [0.3, 0.4) is 0 Å². The van der Waals surface area contributed by atoms with E-state index >= 15 is 0 Å². The largest absolute Gasteiger partial charge is 0.355 e. The fourth-order valence-corrected chi connectivity index (χ4v) is 2.76. The Hall–Kier alpha value is -1.39. The van der Waals surface area contributed by atoms with Crippen molar-refractivity contribution in [2.75, 3.05) is 18.5 Å². The molecule has 2 aromatic heterocycles. The van der Waals surface area contributed by atoms with Crippen LogP contribution in [-0.4, -0.2) is 18.6 Å². The summed E-state index contributed by atoms with van der Waals surface area (Å²) in [7, 11) is 2.09. The Kier molecular flexibility index (Phi) is 5.56. The van der Waals surface area contributed by atoms with Crippen LogP contribution in [0.5, 0.6) is 0 Å². The highest BCUT2D eigenvalue weighted by molar-refractivity contribution is 7.09. The van der Waals surface area contributed by atoms with Gasteiger partial charge in [-0.05, 0) is 41.6 Å². The van der Waals surface area contributed by atoms with Gasteiger partial charge in [0.25, 0.3) is 0 Å². The van der Waals surface area contributed by atoms with E-state index in [2.05, 4.69) is 65.7 Å². The smallest absolute Gasteiger partial charge is 0.128 e. The Balaban J connectivity index is 1.94. The van der Waals surface area contributed by atoms with Gasteiger partial charge in [0.15, 0.2) is 0 Å². The minimum Gasteiger partial charge on any atom is -0.355 e. The standard InChI is InChI=1S/C16H23N3S/c1-13(2)10-17-11-14-6-7-18-16(9-14)19(3)12-15-5-4-8-20-15/h4-9,13,17H,10-12H2,1-3H3. The Bertz CT molecular complexity index is 508. The Morgan fingerprint density at radius 2 is 2.20 bits per heavy atom. The average Bonchev–Trinajstić information content (AvgIpc) is 2.91. The molecule has 0 aliphatic heterocycles. The molecule has 1 N–H and O–H groups in total. The van der Waals surface area contributed by atoms with E-state index in [1.807, 2.05) is 6.20 Å². The van der Waals surface area contributed by atoms with Crippen molar-refractivity contribution < 1.29 is 0 Å². The maximum absolute atomic E-state index is 4.47. The summed E-state index contributed by atoms with van der Waals surface area (Å²) in [4.78, 5) is 8.02. The van der Waals surface area contributed by atoms with E-state index in [-0.39, 0.29) is 0 Å². The van der Waals surface area contributed by atoms with E-state index in [4.69, 9.17) is 0 Å². The predicted octanol–water partition coefficient (Wildman–Crippen LogP) is 3.53. The third-order valence-electron chi connectivity index (χ3n) is 3.06. The van der Waals surface area contributed by atoms with Gasteiger partial charge in [-0.3, -0.25) is 0 Å². The maximum atomic E-state index is 4.47. The van der Waals surface area contributed by atoms with Gasteiger partial charge in [-0.25, -0.2) is 4.98 Å². The Morgan fingerprint density at radius 1 is 1.35 bits per heavy atom. The molecule has 0 unspecified atom stereocenters. The fraction of sp³-hybridized carbons (Fsp3) is 0.438. The molecule has 4 heteroatoms. The summed E-state index contributed by atoms with van der Waals surface area (Å²) >= 11 is 1.79. The van der Waals surface area contributed by atoms with Crippen molar-refractivity contribution in [2.24, 2.45) is 5.92 Å². The van der Waals surface area contributed by atoms with Crippen molar-refractivity contribution in [1.29, 1.82) is 0 Å². The third-order valence-corrected chi connectivity index (χ3v) is 3.92. The molecule has 0 saturated heterocycles. The fourth-order valence-electron chi connectivity index (χ4n) is 2.00. The van der Waals surface area contributed by atoms with Crippen LogP contribution < -0.4 is 10.2 Å². The first-order valence-corrected chi connectivity index (χ1v) is 7.92. The molecule has 2 aromatic rings. The van der Waals surface area contributed by atoms with Gasteiger partial charge in [-0.2, -0.15) is 0 Å². The molecular weight excluding hydrogens is 266 g/mol. The number of nitrogens with one attached hydrogen (secondary N) is 1. The van der Waals surface area contributed by atoms with E-state index in [1.165, 1.54) is 10.4 Å². The summed E-state index contributed by atoms with van der Waals surface area (Å²) in [5.74, 6) is 1.71. The molecule has 0 radical (unpaired) electrons. The maximum Gasteiger partial charge on any atom is 0.128 e. The highest BCUT2D eigenvalue weighted by Crippen LogP contribution is 2.17. The molecular formula is C16H23N3S. The van der Waals surface area contributed by atoms with Crippen molar-refractivity contribution in [3.63, 3.8) is 0 Å². The molecule has 3 nitrogen and oxygen atoms in total. The molecule has 0 fully saturated rings. The van der Waals surface area contributed by atoms with Crippen LogP contribution in [0.4, 0.5) is 5.82 Å².